The van der Waals surface area contributed by atoms with Gasteiger partial charge in [0.2, 0.25) is 0 Å². The normalized spacial score (nSPS) is 18.0. The third-order valence-electron chi connectivity index (χ3n) is 5.09. The molecule has 2 heterocycles. The Balaban J connectivity index is 2.09. The minimum atomic E-state index is 0.180. The number of aromatic amines is 1. The van der Waals surface area contributed by atoms with Crippen molar-refractivity contribution < 1.29 is 0 Å². The predicted octanol–water partition coefficient (Wildman–Crippen LogP) is 4.56. The summed E-state index contributed by atoms with van der Waals surface area (Å²) >= 11 is 0. The van der Waals surface area contributed by atoms with Crippen LogP contribution in [0.1, 0.15) is 51.1 Å². The molecule has 4 nitrogen and oxygen atoms in total. The van der Waals surface area contributed by atoms with Gasteiger partial charge in [-0.05, 0) is 37.7 Å². The Bertz CT molecular complexity index is 978. The number of para-hydroxylation sites is 1. The number of H-pyrrole nitrogens is 1. The molecule has 0 atom stereocenters. The van der Waals surface area contributed by atoms with Gasteiger partial charge in [0.25, 0.3) is 0 Å². The number of nitrogens with one attached hydrogen (secondary N) is 2. The van der Waals surface area contributed by atoms with Gasteiger partial charge in [0.15, 0.2) is 0 Å². The summed E-state index contributed by atoms with van der Waals surface area (Å²) in [4.78, 5) is 8.77. The van der Waals surface area contributed by atoms with Gasteiger partial charge >= 0.3 is 0 Å². The van der Waals surface area contributed by atoms with Gasteiger partial charge in [-0.2, -0.15) is 5.10 Å². The molecule has 130 valence electrons. The molecule has 0 unspecified atom stereocenters. The van der Waals surface area contributed by atoms with Crippen molar-refractivity contribution >= 4 is 27.5 Å². The summed E-state index contributed by atoms with van der Waals surface area (Å²) < 4.78 is 0. The number of aryl methyl sites for hydroxylation is 1. The van der Waals surface area contributed by atoms with E-state index < -0.39 is 0 Å². The average Bonchev–Trinajstić information content (AvgIpc) is 2.97. The first-order chi connectivity index (χ1) is 12.0. The predicted molar refractivity (Wildman–Crippen MR) is 105 cm³/mol. The smallest absolute Gasteiger partial charge is 0.0720 e. The molecule has 0 spiro atoms. The van der Waals surface area contributed by atoms with Crippen molar-refractivity contribution in [2.45, 2.75) is 47.0 Å². The molecule has 0 bridgehead atoms. The summed E-state index contributed by atoms with van der Waals surface area (Å²) in [7, 11) is 0. The number of pyridine rings is 1. The van der Waals surface area contributed by atoms with Gasteiger partial charge in [0, 0.05) is 28.4 Å². The second-order valence-corrected chi connectivity index (χ2v) is 7.74. The standard InChI is InChI=1S/C21H26N4/c1-5-14-18-13-9-7-8-10-15(13)24-20(18)19-16(23-14)11-21(3,4)12-17(19)25-22-6-2/h7-10,22,24H,5-6,11-12H2,1-4H3/b25-17-. The van der Waals surface area contributed by atoms with Crippen molar-refractivity contribution in [2.24, 2.45) is 10.5 Å². The lowest BCUT2D eigenvalue weighted by Gasteiger charge is -2.32. The molecule has 2 N–H and O–H groups in total. The Hall–Kier alpha value is -2.36. The lowest BCUT2D eigenvalue weighted by atomic mass is 9.74. The maximum atomic E-state index is 5.11. The molecule has 2 aromatic heterocycles. The summed E-state index contributed by atoms with van der Waals surface area (Å²) in [5.74, 6) is 0. The zero-order valence-corrected chi connectivity index (χ0v) is 15.5. The van der Waals surface area contributed by atoms with Gasteiger partial charge in [0.05, 0.1) is 22.6 Å². The zero-order chi connectivity index (χ0) is 17.6. The number of aromatic nitrogens is 2. The van der Waals surface area contributed by atoms with E-state index in [-0.39, 0.29) is 5.41 Å². The molecule has 1 aliphatic rings. The van der Waals surface area contributed by atoms with Crippen LogP contribution >= 0.6 is 0 Å². The molecule has 0 fully saturated rings. The number of fused-ring (bicyclic) bond motifs is 5. The van der Waals surface area contributed by atoms with Gasteiger partial charge in [-0.3, -0.25) is 4.98 Å². The highest BCUT2D eigenvalue weighted by molar-refractivity contribution is 6.18. The van der Waals surface area contributed by atoms with Crippen molar-refractivity contribution in [3.8, 4) is 0 Å². The lowest BCUT2D eigenvalue weighted by molar-refractivity contribution is 0.367. The zero-order valence-electron chi connectivity index (χ0n) is 15.5. The molecule has 4 rings (SSSR count). The van der Waals surface area contributed by atoms with E-state index in [2.05, 4.69) is 62.4 Å². The summed E-state index contributed by atoms with van der Waals surface area (Å²) in [6, 6.07) is 8.52. The average molecular weight is 334 g/mol. The van der Waals surface area contributed by atoms with Crippen LogP contribution in [0.4, 0.5) is 0 Å². The highest BCUT2D eigenvalue weighted by atomic mass is 15.3. The summed E-state index contributed by atoms with van der Waals surface area (Å²) in [5, 5.41) is 7.25. The molecular weight excluding hydrogens is 308 g/mol. The number of hydrogen-bond donors (Lipinski definition) is 2. The number of hydrogen-bond acceptors (Lipinski definition) is 3. The highest BCUT2D eigenvalue weighted by Gasteiger charge is 2.33. The van der Waals surface area contributed by atoms with E-state index in [1.165, 1.54) is 38.8 Å². The first-order valence-electron chi connectivity index (χ1n) is 9.26. The Morgan fingerprint density at radius 1 is 1.20 bits per heavy atom. The van der Waals surface area contributed by atoms with Crippen LogP contribution in [0.2, 0.25) is 0 Å². The molecule has 1 aliphatic carbocycles. The van der Waals surface area contributed by atoms with E-state index in [4.69, 9.17) is 10.1 Å². The number of nitrogens with zero attached hydrogens (tertiary/aromatic N) is 2. The van der Waals surface area contributed by atoms with Crippen molar-refractivity contribution in [3.63, 3.8) is 0 Å². The minimum absolute atomic E-state index is 0.180. The van der Waals surface area contributed by atoms with Gasteiger partial charge in [-0.15, -0.1) is 0 Å². The van der Waals surface area contributed by atoms with Crippen LogP contribution in [0.25, 0.3) is 21.8 Å². The van der Waals surface area contributed by atoms with Crippen LogP contribution < -0.4 is 5.43 Å². The minimum Gasteiger partial charge on any atom is -0.354 e. The Labute approximate surface area is 148 Å². The van der Waals surface area contributed by atoms with E-state index in [1.54, 1.807) is 0 Å². The monoisotopic (exact) mass is 334 g/mol. The third-order valence-corrected chi connectivity index (χ3v) is 5.09. The maximum Gasteiger partial charge on any atom is 0.0720 e. The summed E-state index contributed by atoms with van der Waals surface area (Å²) in [6.45, 7) is 9.71. The van der Waals surface area contributed by atoms with E-state index in [9.17, 15) is 0 Å². The lowest BCUT2D eigenvalue weighted by Crippen LogP contribution is -2.30. The molecule has 4 heteroatoms. The first kappa shape index (κ1) is 16.1. The van der Waals surface area contributed by atoms with Crippen LogP contribution in [0, 0.1) is 5.41 Å². The number of benzene rings is 1. The molecule has 0 saturated heterocycles. The molecule has 0 radical (unpaired) electrons. The molecular formula is C21H26N4. The number of hydrazone groups is 1. The summed E-state index contributed by atoms with van der Waals surface area (Å²) in [5.41, 5.74) is 10.4. The highest BCUT2D eigenvalue weighted by Crippen LogP contribution is 2.40. The van der Waals surface area contributed by atoms with E-state index in [0.717, 1.165) is 31.5 Å². The van der Waals surface area contributed by atoms with Gasteiger partial charge < -0.3 is 10.4 Å². The quantitative estimate of drug-likeness (QED) is 0.690. The van der Waals surface area contributed by atoms with Crippen molar-refractivity contribution in [1.29, 1.82) is 0 Å². The second kappa shape index (κ2) is 5.87. The fraction of sp³-hybridized carbons (Fsp3) is 0.429. The Kier molecular flexibility index (Phi) is 3.78. The van der Waals surface area contributed by atoms with Crippen LogP contribution in [0.15, 0.2) is 29.4 Å². The molecule has 3 aromatic rings. The van der Waals surface area contributed by atoms with Crippen LogP contribution in [-0.4, -0.2) is 22.2 Å². The fourth-order valence-electron chi connectivity index (χ4n) is 4.07. The Morgan fingerprint density at radius 3 is 2.76 bits per heavy atom. The molecule has 0 aliphatic heterocycles. The van der Waals surface area contributed by atoms with Crippen molar-refractivity contribution in [3.05, 3.63) is 41.2 Å². The van der Waals surface area contributed by atoms with Crippen LogP contribution in [-0.2, 0) is 12.8 Å². The Morgan fingerprint density at radius 2 is 2.00 bits per heavy atom. The van der Waals surface area contributed by atoms with Crippen molar-refractivity contribution in [1.82, 2.24) is 15.4 Å². The summed E-state index contributed by atoms with van der Waals surface area (Å²) in [6.07, 6.45) is 2.89. The van der Waals surface area contributed by atoms with E-state index >= 15 is 0 Å². The largest absolute Gasteiger partial charge is 0.354 e. The molecule has 1 aromatic carbocycles. The second-order valence-electron chi connectivity index (χ2n) is 7.74. The van der Waals surface area contributed by atoms with Gasteiger partial charge in [0.1, 0.15) is 0 Å². The van der Waals surface area contributed by atoms with Gasteiger partial charge in [-0.1, -0.05) is 39.0 Å². The maximum absolute atomic E-state index is 5.11. The number of rotatable bonds is 3. The third kappa shape index (κ3) is 2.60. The van der Waals surface area contributed by atoms with E-state index in [1.807, 2.05) is 0 Å². The van der Waals surface area contributed by atoms with Crippen LogP contribution in [0.5, 0.6) is 0 Å². The van der Waals surface area contributed by atoms with E-state index in [0.29, 0.717) is 0 Å². The molecule has 25 heavy (non-hydrogen) atoms. The van der Waals surface area contributed by atoms with Crippen molar-refractivity contribution in [2.75, 3.05) is 6.54 Å². The topological polar surface area (TPSA) is 53.1 Å². The molecule has 0 saturated carbocycles. The SMILES string of the molecule is CCN/N=C1/CC(C)(C)Cc2nc(CC)c3c([nH]c4ccccc43)c21. The van der Waals surface area contributed by atoms with Gasteiger partial charge in [-0.25, -0.2) is 0 Å². The first-order valence-corrected chi connectivity index (χ1v) is 9.26. The molecule has 0 amide bonds. The fourth-order valence-corrected chi connectivity index (χ4v) is 4.07. The van der Waals surface area contributed by atoms with Crippen LogP contribution in [0.3, 0.4) is 0 Å².